The standard InChI is InChI=1S/C12H13F2NOS/c13-9-1-2-10(11(14)7-9)12(16)8-15-3-5-17-6-4-15/h1-2,7H,3-6,8H2. The van der Waals surface area contributed by atoms with E-state index in [-0.39, 0.29) is 17.9 Å². The highest BCUT2D eigenvalue weighted by molar-refractivity contribution is 7.99. The van der Waals surface area contributed by atoms with E-state index in [1.54, 1.807) is 0 Å². The molecule has 0 spiro atoms. The predicted molar refractivity (Wildman–Crippen MR) is 64.5 cm³/mol. The van der Waals surface area contributed by atoms with Crippen molar-refractivity contribution in [3.63, 3.8) is 0 Å². The Morgan fingerprint density at radius 2 is 2.00 bits per heavy atom. The second-order valence-corrected chi connectivity index (χ2v) is 5.16. The van der Waals surface area contributed by atoms with Gasteiger partial charge in [-0.15, -0.1) is 0 Å². The molecule has 1 fully saturated rings. The Bertz CT molecular complexity index is 419. The molecule has 0 radical (unpaired) electrons. The highest BCUT2D eigenvalue weighted by Crippen LogP contribution is 2.13. The van der Waals surface area contributed by atoms with Crippen LogP contribution in [-0.2, 0) is 0 Å². The van der Waals surface area contributed by atoms with Gasteiger partial charge >= 0.3 is 0 Å². The highest BCUT2D eigenvalue weighted by atomic mass is 32.2. The first-order chi connectivity index (χ1) is 8.16. The summed E-state index contributed by atoms with van der Waals surface area (Å²) in [5.74, 6) is 0.280. The monoisotopic (exact) mass is 257 g/mol. The van der Waals surface area contributed by atoms with Crippen LogP contribution in [0.5, 0.6) is 0 Å². The zero-order valence-corrected chi connectivity index (χ0v) is 10.1. The Hall–Kier alpha value is -0.940. The minimum absolute atomic E-state index is 0.0235. The van der Waals surface area contributed by atoms with Gasteiger partial charge in [-0.1, -0.05) is 0 Å². The smallest absolute Gasteiger partial charge is 0.179 e. The van der Waals surface area contributed by atoms with Crippen molar-refractivity contribution in [3.8, 4) is 0 Å². The molecule has 1 heterocycles. The molecule has 0 atom stereocenters. The summed E-state index contributed by atoms with van der Waals surface area (Å²) < 4.78 is 26.1. The number of rotatable bonds is 3. The lowest BCUT2D eigenvalue weighted by Gasteiger charge is -2.25. The molecule has 1 aliphatic rings. The maximum absolute atomic E-state index is 13.4. The van der Waals surface area contributed by atoms with Crippen molar-refractivity contribution in [3.05, 3.63) is 35.4 Å². The maximum Gasteiger partial charge on any atom is 0.179 e. The summed E-state index contributed by atoms with van der Waals surface area (Å²) >= 11 is 1.85. The summed E-state index contributed by atoms with van der Waals surface area (Å²) in [6.45, 7) is 1.90. The van der Waals surface area contributed by atoms with Crippen LogP contribution >= 0.6 is 11.8 Å². The summed E-state index contributed by atoms with van der Waals surface area (Å²) in [7, 11) is 0. The molecule has 1 aromatic rings. The largest absolute Gasteiger partial charge is 0.294 e. The fourth-order valence-electron chi connectivity index (χ4n) is 1.76. The molecule has 5 heteroatoms. The first-order valence-corrected chi connectivity index (χ1v) is 6.60. The lowest BCUT2D eigenvalue weighted by Crippen LogP contribution is -2.36. The van der Waals surface area contributed by atoms with E-state index >= 15 is 0 Å². The molecule has 2 nitrogen and oxygen atoms in total. The summed E-state index contributed by atoms with van der Waals surface area (Å²) in [6.07, 6.45) is 0. The van der Waals surface area contributed by atoms with E-state index in [1.807, 2.05) is 16.7 Å². The fourth-order valence-corrected chi connectivity index (χ4v) is 2.74. The maximum atomic E-state index is 13.4. The number of Topliss-reactive ketones (excluding diaryl/α,β-unsaturated/α-hetero) is 1. The molecular formula is C12H13F2NOS. The van der Waals surface area contributed by atoms with Crippen molar-refractivity contribution >= 4 is 17.5 Å². The number of carbonyl (C=O) groups is 1. The van der Waals surface area contributed by atoms with E-state index in [4.69, 9.17) is 0 Å². The van der Waals surface area contributed by atoms with Gasteiger partial charge in [-0.05, 0) is 12.1 Å². The summed E-state index contributed by atoms with van der Waals surface area (Å²) in [6, 6.07) is 3.08. The van der Waals surface area contributed by atoms with Gasteiger partial charge in [0.15, 0.2) is 5.78 Å². The van der Waals surface area contributed by atoms with Crippen LogP contribution in [0.1, 0.15) is 10.4 Å². The van der Waals surface area contributed by atoms with E-state index in [2.05, 4.69) is 0 Å². The molecular weight excluding hydrogens is 244 g/mol. The van der Waals surface area contributed by atoms with E-state index in [0.29, 0.717) is 0 Å². The number of ketones is 1. The van der Waals surface area contributed by atoms with Gasteiger partial charge in [0.05, 0.1) is 12.1 Å². The van der Waals surface area contributed by atoms with Crippen LogP contribution in [0.15, 0.2) is 18.2 Å². The van der Waals surface area contributed by atoms with Crippen molar-refractivity contribution in [2.75, 3.05) is 31.1 Å². The topological polar surface area (TPSA) is 20.3 Å². The molecule has 2 rings (SSSR count). The second-order valence-electron chi connectivity index (χ2n) is 3.94. The number of hydrogen-bond donors (Lipinski definition) is 0. The van der Waals surface area contributed by atoms with Gasteiger partial charge in [0.1, 0.15) is 11.6 Å². The SMILES string of the molecule is O=C(CN1CCSCC1)c1ccc(F)cc1F. The Morgan fingerprint density at radius 3 is 2.65 bits per heavy atom. The van der Waals surface area contributed by atoms with Crippen LogP contribution in [-0.4, -0.2) is 41.8 Å². The molecule has 0 saturated carbocycles. The van der Waals surface area contributed by atoms with Crippen LogP contribution in [0.4, 0.5) is 8.78 Å². The van der Waals surface area contributed by atoms with Gasteiger partial charge < -0.3 is 0 Å². The second kappa shape index (κ2) is 5.60. The third kappa shape index (κ3) is 3.26. The number of hydrogen-bond acceptors (Lipinski definition) is 3. The van der Waals surface area contributed by atoms with Gasteiger partial charge in [0, 0.05) is 30.7 Å². The molecule has 0 unspecified atom stereocenters. The minimum atomic E-state index is -0.776. The first kappa shape index (κ1) is 12.5. The summed E-state index contributed by atoms with van der Waals surface area (Å²) in [5.41, 5.74) is -0.0235. The van der Waals surface area contributed by atoms with Crippen LogP contribution in [0.25, 0.3) is 0 Å². The average molecular weight is 257 g/mol. The van der Waals surface area contributed by atoms with Gasteiger partial charge in [-0.3, -0.25) is 9.69 Å². The molecule has 0 bridgehead atoms. The van der Waals surface area contributed by atoms with Crippen LogP contribution < -0.4 is 0 Å². The highest BCUT2D eigenvalue weighted by Gasteiger charge is 2.18. The lowest BCUT2D eigenvalue weighted by molar-refractivity contribution is 0.0933. The number of halogens is 2. The molecule has 1 saturated heterocycles. The molecule has 92 valence electrons. The van der Waals surface area contributed by atoms with E-state index in [0.717, 1.165) is 36.7 Å². The van der Waals surface area contributed by atoms with Crippen LogP contribution in [0, 0.1) is 11.6 Å². The molecule has 0 aliphatic carbocycles. The minimum Gasteiger partial charge on any atom is -0.294 e. The molecule has 0 aromatic heterocycles. The normalized spacial score (nSPS) is 17.1. The third-order valence-corrected chi connectivity index (χ3v) is 3.64. The van der Waals surface area contributed by atoms with Crippen molar-refractivity contribution < 1.29 is 13.6 Å². The van der Waals surface area contributed by atoms with Crippen molar-refractivity contribution in [1.82, 2.24) is 4.90 Å². The van der Waals surface area contributed by atoms with Crippen LogP contribution in [0.2, 0.25) is 0 Å². The van der Waals surface area contributed by atoms with Crippen LogP contribution in [0.3, 0.4) is 0 Å². The van der Waals surface area contributed by atoms with E-state index < -0.39 is 11.6 Å². The van der Waals surface area contributed by atoms with Gasteiger partial charge in [-0.2, -0.15) is 11.8 Å². The van der Waals surface area contributed by atoms with Crippen molar-refractivity contribution in [1.29, 1.82) is 0 Å². The van der Waals surface area contributed by atoms with Gasteiger partial charge in [0.2, 0.25) is 0 Å². The summed E-state index contributed by atoms with van der Waals surface area (Å²) in [5, 5.41) is 0. The summed E-state index contributed by atoms with van der Waals surface area (Å²) in [4.78, 5) is 13.8. The van der Waals surface area contributed by atoms with Gasteiger partial charge in [0.25, 0.3) is 0 Å². The zero-order chi connectivity index (χ0) is 12.3. The Morgan fingerprint density at radius 1 is 1.29 bits per heavy atom. The number of carbonyl (C=O) groups excluding carboxylic acids is 1. The Kier molecular flexibility index (Phi) is 4.12. The van der Waals surface area contributed by atoms with E-state index in [9.17, 15) is 13.6 Å². The number of benzene rings is 1. The average Bonchev–Trinajstić information content (AvgIpc) is 2.30. The van der Waals surface area contributed by atoms with Crippen molar-refractivity contribution in [2.45, 2.75) is 0 Å². The molecule has 0 amide bonds. The van der Waals surface area contributed by atoms with Gasteiger partial charge in [-0.25, -0.2) is 8.78 Å². The third-order valence-electron chi connectivity index (χ3n) is 2.70. The molecule has 17 heavy (non-hydrogen) atoms. The first-order valence-electron chi connectivity index (χ1n) is 5.45. The predicted octanol–water partition coefficient (Wildman–Crippen LogP) is 2.20. The van der Waals surface area contributed by atoms with E-state index in [1.165, 1.54) is 6.07 Å². The fraction of sp³-hybridized carbons (Fsp3) is 0.417. The molecule has 1 aromatic carbocycles. The lowest BCUT2D eigenvalue weighted by atomic mass is 10.1. The molecule has 0 N–H and O–H groups in total. The number of thioether (sulfide) groups is 1. The Labute approximate surface area is 103 Å². The molecule has 1 aliphatic heterocycles. The number of nitrogens with zero attached hydrogens (tertiary/aromatic N) is 1. The zero-order valence-electron chi connectivity index (χ0n) is 9.29. The Balaban J connectivity index is 2.03. The van der Waals surface area contributed by atoms with Crippen molar-refractivity contribution in [2.24, 2.45) is 0 Å². The quantitative estimate of drug-likeness (QED) is 0.774.